The molecule has 0 radical (unpaired) electrons. The van der Waals surface area contributed by atoms with Crippen molar-refractivity contribution in [3.63, 3.8) is 0 Å². The molecule has 1 N–H and O–H groups in total. The predicted octanol–water partition coefficient (Wildman–Crippen LogP) is 9.27. The molecule has 1 aromatic carbocycles. The third kappa shape index (κ3) is 7.40. The second kappa shape index (κ2) is 14.7. The van der Waals surface area contributed by atoms with Crippen LogP contribution in [0.15, 0.2) is 30.3 Å². The van der Waals surface area contributed by atoms with Gasteiger partial charge in [-0.05, 0) is 98.0 Å². The Balaban J connectivity index is 0.000000258. The lowest BCUT2D eigenvalue weighted by Gasteiger charge is -2.60. The van der Waals surface area contributed by atoms with Crippen molar-refractivity contribution in [3.8, 4) is 5.75 Å². The average Bonchev–Trinajstić information content (AvgIpc) is 3.18. The summed E-state index contributed by atoms with van der Waals surface area (Å²) in [5.41, 5.74) is 0.598. The topological polar surface area (TPSA) is 46.5 Å². The summed E-state index contributed by atoms with van der Waals surface area (Å²) in [5.74, 6) is 4.50. The number of ketones is 1. The number of Topliss-reactive ketones (excluding diaryl/α,β-unsaturated/α-hetero) is 1. The Hall–Kier alpha value is -1.35. The van der Waals surface area contributed by atoms with Crippen molar-refractivity contribution in [1.82, 2.24) is 0 Å². The molecule has 0 aliphatic heterocycles. The second-order valence-electron chi connectivity index (χ2n) is 12.6. The minimum atomic E-state index is -0.0677. The van der Waals surface area contributed by atoms with E-state index in [1.165, 1.54) is 51.4 Å². The van der Waals surface area contributed by atoms with E-state index in [2.05, 4.69) is 34.6 Å². The maximum atomic E-state index is 11.9. The number of hydrogen-bond acceptors (Lipinski definition) is 3. The first-order valence-corrected chi connectivity index (χ1v) is 15.2. The van der Waals surface area contributed by atoms with Crippen molar-refractivity contribution in [2.75, 3.05) is 6.61 Å². The van der Waals surface area contributed by atoms with Crippen LogP contribution in [0.5, 0.6) is 5.75 Å². The van der Waals surface area contributed by atoms with Gasteiger partial charge in [0.25, 0.3) is 0 Å². The summed E-state index contributed by atoms with van der Waals surface area (Å²) < 4.78 is 5.51. The number of para-hydroxylation sites is 1. The van der Waals surface area contributed by atoms with Gasteiger partial charge in [-0.2, -0.15) is 0 Å². The van der Waals surface area contributed by atoms with Crippen LogP contribution >= 0.6 is 0 Å². The molecule has 7 unspecified atom stereocenters. The Morgan fingerprint density at radius 2 is 1.57 bits per heavy atom. The van der Waals surface area contributed by atoms with E-state index in [1.54, 1.807) is 0 Å². The molecule has 7 atom stereocenters. The van der Waals surface area contributed by atoms with Gasteiger partial charge in [0.05, 0.1) is 12.7 Å². The molecule has 0 heterocycles. The van der Waals surface area contributed by atoms with E-state index < -0.39 is 0 Å². The van der Waals surface area contributed by atoms with E-state index in [0.29, 0.717) is 17.1 Å². The van der Waals surface area contributed by atoms with Gasteiger partial charge in [-0.15, -0.1) is 0 Å². The van der Waals surface area contributed by atoms with E-state index in [0.717, 1.165) is 62.2 Å². The third-order valence-corrected chi connectivity index (χ3v) is 10.2. The van der Waals surface area contributed by atoms with Gasteiger partial charge in [0, 0.05) is 12.8 Å². The van der Waals surface area contributed by atoms with Crippen molar-refractivity contribution in [3.05, 3.63) is 30.3 Å². The summed E-state index contributed by atoms with van der Waals surface area (Å²) >= 11 is 0. The average molecular weight is 515 g/mol. The number of unbranched alkanes of at least 4 members (excludes halogenated alkanes) is 2. The van der Waals surface area contributed by atoms with E-state index in [9.17, 15) is 9.90 Å². The van der Waals surface area contributed by atoms with Crippen LogP contribution in [0, 0.1) is 34.5 Å². The second-order valence-corrected chi connectivity index (χ2v) is 12.6. The smallest absolute Gasteiger partial charge is 0.133 e. The molecule has 4 fully saturated rings. The van der Waals surface area contributed by atoms with Gasteiger partial charge in [-0.1, -0.05) is 79.5 Å². The van der Waals surface area contributed by atoms with Crippen LogP contribution in [0.3, 0.4) is 0 Å². The molecule has 37 heavy (non-hydrogen) atoms. The summed E-state index contributed by atoms with van der Waals surface area (Å²) in [6, 6.07) is 9.97. The Morgan fingerprint density at radius 1 is 0.892 bits per heavy atom. The van der Waals surface area contributed by atoms with Crippen molar-refractivity contribution in [2.45, 2.75) is 132 Å². The van der Waals surface area contributed by atoms with E-state index in [4.69, 9.17) is 4.74 Å². The SMILES string of the molecule is C.CC12CCC3C(CCC4CC(=O)CCC43C)C1CCC2O.CCC.CCCCCOc1ccccc1. The standard InChI is InChI=1S/C19H30O2.C11H16O.C3H8.CH4/c1-18-9-7-13(20)11-12(18)3-4-14-15-5-6-17(21)19(15,2)10-8-16(14)18;1-2-3-7-10-12-11-8-5-4-6-9-11;1-3-2;/h12,14-17,21H,3-11H2,1-2H3;4-6,8-9H,2-3,7,10H2,1H3;3H2,1-2H3;1H4. The number of rotatable bonds is 5. The zero-order chi connectivity index (χ0) is 26.2. The van der Waals surface area contributed by atoms with Crippen LogP contribution in [0.1, 0.15) is 126 Å². The Kier molecular flexibility index (Phi) is 12.7. The van der Waals surface area contributed by atoms with E-state index in [-0.39, 0.29) is 18.9 Å². The highest BCUT2D eigenvalue weighted by atomic mass is 16.5. The van der Waals surface area contributed by atoms with Crippen molar-refractivity contribution in [1.29, 1.82) is 0 Å². The van der Waals surface area contributed by atoms with Gasteiger partial charge in [0.15, 0.2) is 0 Å². The van der Waals surface area contributed by atoms with Crippen LogP contribution < -0.4 is 4.74 Å². The molecule has 0 saturated heterocycles. The molecular weight excluding hydrogens is 456 g/mol. The molecule has 3 nitrogen and oxygen atoms in total. The van der Waals surface area contributed by atoms with Crippen molar-refractivity contribution >= 4 is 5.78 Å². The van der Waals surface area contributed by atoms with Gasteiger partial charge in [0.2, 0.25) is 0 Å². The first-order valence-electron chi connectivity index (χ1n) is 15.2. The largest absolute Gasteiger partial charge is 0.494 e. The van der Waals surface area contributed by atoms with Gasteiger partial charge in [-0.25, -0.2) is 0 Å². The number of ether oxygens (including phenoxy) is 1. The summed E-state index contributed by atoms with van der Waals surface area (Å²) in [5, 5.41) is 10.5. The van der Waals surface area contributed by atoms with Gasteiger partial charge in [-0.3, -0.25) is 4.79 Å². The zero-order valence-corrected chi connectivity index (χ0v) is 23.9. The highest BCUT2D eigenvalue weighted by Crippen LogP contribution is 2.65. The Bertz CT molecular complexity index is 792. The molecule has 4 saturated carbocycles. The lowest BCUT2D eigenvalue weighted by molar-refractivity contribution is -0.141. The molecule has 1 aromatic rings. The summed E-state index contributed by atoms with van der Waals surface area (Å²) in [4.78, 5) is 11.9. The minimum absolute atomic E-state index is 0. The zero-order valence-electron chi connectivity index (χ0n) is 23.9. The van der Waals surface area contributed by atoms with Gasteiger partial charge in [0.1, 0.15) is 11.5 Å². The maximum Gasteiger partial charge on any atom is 0.133 e. The molecule has 0 bridgehead atoms. The van der Waals surface area contributed by atoms with Crippen LogP contribution in [-0.2, 0) is 4.79 Å². The van der Waals surface area contributed by atoms with Crippen LogP contribution in [-0.4, -0.2) is 23.6 Å². The third-order valence-electron chi connectivity index (χ3n) is 10.2. The van der Waals surface area contributed by atoms with Crippen LogP contribution in [0.2, 0.25) is 0 Å². The number of fused-ring (bicyclic) bond motifs is 5. The number of aliphatic hydroxyl groups is 1. The maximum absolute atomic E-state index is 11.9. The van der Waals surface area contributed by atoms with E-state index >= 15 is 0 Å². The van der Waals surface area contributed by atoms with Crippen LogP contribution in [0.4, 0.5) is 0 Å². The lowest BCUT2D eigenvalue weighted by Crippen LogP contribution is -2.54. The molecule has 4 aliphatic rings. The van der Waals surface area contributed by atoms with Gasteiger partial charge < -0.3 is 9.84 Å². The first kappa shape index (κ1) is 31.9. The monoisotopic (exact) mass is 514 g/mol. The number of hydrogen-bond donors (Lipinski definition) is 1. The number of aliphatic hydroxyl groups excluding tert-OH is 1. The van der Waals surface area contributed by atoms with Crippen LogP contribution in [0.25, 0.3) is 0 Å². The highest BCUT2D eigenvalue weighted by Gasteiger charge is 2.59. The molecule has 3 heteroatoms. The molecule has 5 rings (SSSR count). The molecule has 212 valence electrons. The molecule has 0 amide bonds. The fourth-order valence-electron chi connectivity index (χ4n) is 8.08. The molecular formula is C34H58O3. The molecule has 4 aliphatic carbocycles. The van der Waals surface area contributed by atoms with Crippen molar-refractivity contribution in [2.24, 2.45) is 34.5 Å². The minimum Gasteiger partial charge on any atom is -0.494 e. The lowest BCUT2D eigenvalue weighted by atomic mass is 9.45. The number of carbonyl (C=O) groups is 1. The van der Waals surface area contributed by atoms with Crippen molar-refractivity contribution < 1.29 is 14.6 Å². The Morgan fingerprint density at radius 3 is 2.24 bits per heavy atom. The normalized spacial score (nSPS) is 35.7. The highest BCUT2D eigenvalue weighted by molar-refractivity contribution is 5.79. The Labute approximate surface area is 229 Å². The fourth-order valence-corrected chi connectivity index (χ4v) is 8.08. The predicted molar refractivity (Wildman–Crippen MR) is 157 cm³/mol. The first-order chi connectivity index (χ1) is 17.3. The fraction of sp³-hybridized carbons (Fsp3) is 0.794. The molecule has 0 spiro atoms. The summed E-state index contributed by atoms with van der Waals surface area (Å²) in [7, 11) is 0. The van der Waals surface area contributed by atoms with E-state index in [1.807, 2.05) is 30.3 Å². The van der Waals surface area contributed by atoms with Gasteiger partial charge >= 0.3 is 0 Å². The summed E-state index contributed by atoms with van der Waals surface area (Å²) in [6.07, 6.45) is 15.0. The molecule has 0 aromatic heterocycles. The quantitative estimate of drug-likeness (QED) is 0.398. The number of benzene rings is 1. The summed E-state index contributed by atoms with van der Waals surface area (Å²) in [6.45, 7) is 12.1. The number of carbonyl (C=O) groups excluding carboxylic acids is 1.